The first-order valence-corrected chi connectivity index (χ1v) is 10.3. The van der Waals surface area contributed by atoms with E-state index in [9.17, 15) is 0 Å². The molecule has 2 spiro atoms. The molecular formula is C23H27N3O3. The van der Waals surface area contributed by atoms with Crippen LogP contribution in [0.1, 0.15) is 36.8 Å². The molecule has 1 fully saturated rings. The number of benzene rings is 2. The minimum Gasteiger partial charge on any atom is -0.484 e. The molecular weight excluding hydrogens is 366 g/mol. The van der Waals surface area contributed by atoms with Gasteiger partial charge in [0.1, 0.15) is 11.4 Å². The maximum Gasteiger partial charge on any atom is 0.222 e. The summed E-state index contributed by atoms with van der Waals surface area (Å²) in [7, 11) is 1.80. The van der Waals surface area contributed by atoms with Crippen LogP contribution in [0.5, 0.6) is 5.75 Å². The standard InChI is InChI=1S/C23H27N3O3/c1-16-6-5-7-17(12-16)18-8-9-20-19(13-18)23(25-21(24)26(2)29-23)14-22(28-20)10-3-4-11-27-15-22/h5-9,12-13H,3-4,10-11,14-15H2,1-2H3,(H2,24,25). The Bertz CT molecular complexity index is 966. The maximum absolute atomic E-state index is 6.58. The number of aliphatic imine (C=N–C) groups is 1. The van der Waals surface area contributed by atoms with Gasteiger partial charge in [0.05, 0.1) is 12.2 Å². The highest BCUT2D eigenvalue weighted by Gasteiger charge is 2.54. The highest BCUT2D eigenvalue weighted by atomic mass is 16.7. The van der Waals surface area contributed by atoms with Crippen LogP contribution in [0.15, 0.2) is 47.5 Å². The number of aryl methyl sites for hydroxylation is 1. The lowest BCUT2D eigenvalue weighted by atomic mass is 9.81. The van der Waals surface area contributed by atoms with Crippen LogP contribution in [0.25, 0.3) is 11.1 Å². The second-order valence-corrected chi connectivity index (χ2v) is 8.40. The fraction of sp³-hybridized carbons (Fsp3) is 0.435. The van der Waals surface area contributed by atoms with Crippen molar-refractivity contribution in [2.75, 3.05) is 20.3 Å². The fourth-order valence-electron chi connectivity index (χ4n) is 4.66. The Morgan fingerprint density at radius 1 is 1.10 bits per heavy atom. The van der Waals surface area contributed by atoms with Crippen LogP contribution in [0, 0.1) is 6.92 Å². The summed E-state index contributed by atoms with van der Waals surface area (Å²) < 4.78 is 12.5. The Balaban J connectivity index is 1.63. The summed E-state index contributed by atoms with van der Waals surface area (Å²) in [6.45, 7) is 3.40. The maximum atomic E-state index is 6.58. The zero-order chi connectivity index (χ0) is 20.1. The molecule has 0 bridgehead atoms. The quantitative estimate of drug-likeness (QED) is 0.800. The van der Waals surface area contributed by atoms with Crippen LogP contribution < -0.4 is 10.5 Å². The van der Waals surface area contributed by atoms with E-state index in [4.69, 9.17) is 25.0 Å². The monoisotopic (exact) mass is 393 g/mol. The van der Waals surface area contributed by atoms with Gasteiger partial charge in [-0.25, -0.2) is 14.9 Å². The van der Waals surface area contributed by atoms with Gasteiger partial charge in [-0.1, -0.05) is 35.9 Å². The molecule has 3 aliphatic rings. The van der Waals surface area contributed by atoms with Crippen molar-refractivity contribution in [3.63, 3.8) is 0 Å². The summed E-state index contributed by atoms with van der Waals surface area (Å²) in [5, 5.41) is 1.56. The van der Waals surface area contributed by atoms with E-state index in [0.29, 0.717) is 19.0 Å². The molecule has 5 rings (SSSR count). The van der Waals surface area contributed by atoms with Crippen molar-refractivity contribution >= 4 is 5.96 Å². The molecule has 0 amide bonds. The average molecular weight is 393 g/mol. The Labute approximate surface area is 171 Å². The highest BCUT2D eigenvalue weighted by molar-refractivity contribution is 5.79. The van der Waals surface area contributed by atoms with Gasteiger partial charge in [0.15, 0.2) is 0 Å². The van der Waals surface area contributed by atoms with Crippen LogP contribution in [0.3, 0.4) is 0 Å². The highest BCUT2D eigenvalue weighted by Crippen LogP contribution is 2.51. The summed E-state index contributed by atoms with van der Waals surface area (Å²) in [6, 6.07) is 14.7. The number of nitrogens with two attached hydrogens (primary N) is 1. The number of rotatable bonds is 1. The molecule has 2 unspecified atom stereocenters. The number of guanidine groups is 1. The van der Waals surface area contributed by atoms with Crippen molar-refractivity contribution in [2.45, 2.75) is 43.9 Å². The number of hydroxylamine groups is 2. The topological polar surface area (TPSA) is 69.3 Å². The first-order chi connectivity index (χ1) is 14.0. The van der Waals surface area contributed by atoms with Crippen molar-refractivity contribution in [1.29, 1.82) is 0 Å². The molecule has 1 saturated heterocycles. The van der Waals surface area contributed by atoms with Crippen LogP contribution in [0.2, 0.25) is 0 Å². The molecule has 2 N–H and O–H groups in total. The van der Waals surface area contributed by atoms with Gasteiger partial charge in [-0.15, -0.1) is 0 Å². The minimum atomic E-state index is -0.889. The molecule has 0 aliphatic carbocycles. The number of ether oxygens (including phenoxy) is 2. The van der Waals surface area contributed by atoms with Gasteiger partial charge in [-0.3, -0.25) is 0 Å². The molecule has 3 aliphatic heterocycles. The van der Waals surface area contributed by atoms with Gasteiger partial charge >= 0.3 is 0 Å². The van der Waals surface area contributed by atoms with Gasteiger partial charge in [-0.2, -0.15) is 0 Å². The fourth-order valence-corrected chi connectivity index (χ4v) is 4.66. The molecule has 152 valence electrons. The lowest BCUT2D eigenvalue weighted by Gasteiger charge is -2.44. The summed E-state index contributed by atoms with van der Waals surface area (Å²) in [5.74, 6) is 1.17. The Morgan fingerprint density at radius 3 is 2.76 bits per heavy atom. The molecule has 2 aromatic rings. The largest absolute Gasteiger partial charge is 0.484 e. The summed E-state index contributed by atoms with van der Waals surface area (Å²) >= 11 is 0. The van der Waals surface area contributed by atoms with Crippen LogP contribution in [-0.4, -0.2) is 36.9 Å². The summed E-state index contributed by atoms with van der Waals surface area (Å²) in [4.78, 5) is 11.1. The Kier molecular flexibility index (Phi) is 4.29. The number of hydrogen-bond donors (Lipinski definition) is 1. The van der Waals surface area contributed by atoms with Crippen LogP contribution >= 0.6 is 0 Å². The molecule has 29 heavy (non-hydrogen) atoms. The van der Waals surface area contributed by atoms with E-state index in [-0.39, 0.29) is 0 Å². The molecule has 0 aromatic heterocycles. The second kappa shape index (κ2) is 6.75. The zero-order valence-corrected chi connectivity index (χ0v) is 17.0. The average Bonchev–Trinajstić information content (AvgIpc) is 2.85. The number of fused-ring (bicyclic) bond motifs is 2. The molecule has 3 heterocycles. The van der Waals surface area contributed by atoms with Gasteiger partial charge in [0.25, 0.3) is 0 Å². The Morgan fingerprint density at radius 2 is 1.97 bits per heavy atom. The van der Waals surface area contributed by atoms with E-state index in [2.05, 4.69) is 43.3 Å². The second-order valence-electron chi connectivity index (χ2n) is 8.40. The number of nitrogens with zero attached hydrogens (tertiary/aromatic N) is 2. The molecule has 2 aromatic carbocycles. The Hall–Kier alpha value is -2.57. The predicted molar refractivity (Wildman–Crippen MR) is 111 cm³/mol. The van der Waals surface area contributed by atoms with Gasteiger partial charge in [0, 0.05) is 20.1 Å². The van der Waals surface area contributed by atoms with Gasteiger partial charge in [0.2, 0.25) is 11.7 Å². The first-order valence-electron chi connectivity index (χ1n) is 10.3. The normalized spacial score (nSPS) is 28.8. The summed E-state index contributed by atoms with van der Waals surface area (Å²) in [5.41, 5.74) is 9.19. The van der Waals surface area contributed by atoms with E-state index in [1.807, 2.05) is 6.07 Å². The molecule has 6 heteroatoms. The third-order valence-electron chi connectivity index (χ3n) is 6.08. The third kappa shape index (κ3) is 3.16. The van der Waals surface area contributed by atoms with E-state index in [1.54, 1.807) is 12.1 Å². The van der Waals surface area contributed by atoms with E-state index >= 15 is 0 Å². The third-order valence-corrected chi connectivity index (χ3v) is 6.08. The smallest absolute Gasteiger partial charge is 0.222 e. The molecule has 0 radical (unpaired) electrons. The number of hydrogen-bond acceptors (Lipinski definition) is 6. The lowest BCUT2D eigenvalue weighted by Crippen LogP contribution is -2.50. The molecule has 0 saturated carbocycles. The van der Waals surface area contributed by atoms with Crippen molar-refractivity contribution in [3.8, 4) is 16.9 Å². The molecule has 6 nitrogen and oxygen atoms in total. The minimum absolute atomic E-state index is 0.378. The van der Waals surface area contributed by atoms with Crippen LogP contribution in [0.4, 0.5) is 0 Å². The lowest BCUT2D eigenvalue weighted by molar-refractivity contribution is -0.209. The molecule has 2 atom stereocenters. The van der Waals surface area contributed by atoms with Crippen molar-refractivity contribution < 1.29 is 14.3 Å². The van der Waals surface area contributed by atoms with E-state index in [1.165, 1.54) is 5.56 Å². The van der Waals surface area contributed by atoms with E-state index in [0.717, 1.165) is 48.3 Å². The van der Waals surface area contributed by atoms with Crippen molar-refractivity contribution in [3.05, 3.63) is 53.6 Å². The van der Waals surface area contributed by atoms with Crippen molar-refractivity contribution in [2.24, 2.45) is 10.7 Å². The zero-order valence-electron chi connectivity index (χ0n) is 17.0. The van der Waals surface area contributed by atoms with Crippen LogP contribution in [-0.2, 0) is 15.3 Å². The first kappa shape index (κ1) is 18.5. The van der Waals surface area contributed by atoms with Crippen molar-refractivity contribution in [1.82, 2.24) is 5.06 Å². The predicted octanol–water partition coefficient (Wildman–Crippen LogP) is 3.73. The SMILES string of the molecule is Cc1cccc(-c2ccc3c(c2)C2(CC4(CCCCOC4)O3)N=C(N)N(C)O2)c1. The summed E-state index contributed by atoms with van der Waals surface area (Å²) in [6.07, 6.45) is 3.59. The van der Waals surface area contributed by atoms with Gasteiger partial charge in [-0.05, 0) is 49.4 Å². The van der Waals surface area contributed by atoms with E-state index < -0.39 is 11.3 Å². The van der Waals surface area contributed by atoms with Gasteiger partial charge < -0.3 is 15.2 Å².